The number of rotatable bonds is 5. The highest BCUT2D eigenvalue weighted by Gasteiger charge is 2.16. The predicted molar refractivity (Wildman–Crippen MR) is 75.4 cm³/mol. The number of hydrogen-bond donors (Lipinski definition) is 0. The Morgan fingerprint density at radius 3 is 2.39 bits per heavy atom. The van der Waals surface area contributed by atoms with Crippen molar-refractivity contribution in [1.82, 2.24) is 4.90 Å². The molecule has 0 aromatic heterocycles. The van der Waals surface area contributed by atoms with Crippen LogP contribution in [0.25, 0.3) is 0 Å². The largest absolute Gasteiger partial charge is 0.358 e. The normalized spacial score (nSPS) is 11.0. The molecule has 0 aliphatic carbocycles. The first-order chi connectivity index (χ1) is 8.29. The molecule has 0 amide bonds. The molecule has 0 saturated heterocycles. The third-order valence-electron chi connectivity index (χ3n) is 2.11. The molecule has 0 saturated carbocycles. The van der Waals surface area contributed by atoms with E-state index in [-0.39, 0.29) is 6.54 Å². The average Bonchev–Trinajstić information content (AvgIpc) is 2.26. The summed E-state index contributed by atoms with van der Waals surface area (Å²) in [5.41, 5.74) is 0.802. The van der Waals surface area contributed by atoms with Gasteiger partial charge in [0.2, 0.25) is 9.05 Å². The molecule has 0 heterocycles. The molecule has 0 atom stereocenters. The molecule has 0 aliphatic rings. The maximum atomic E-state index is 11.4. The van der Waals surface area contributed by atoms with Gasteiger partial charge in [-0.1, -0.05) is 42.5 Å². The zero-order valence-electron chi connectivity index (χ0n) is 9.67. The minimum atomic E-state index is -3.81. The van der Waals surface area contributed by atoms with E-state index >= 15 is 0 Å². The third kappa shape index (κ3) is 5.12. The fourth-order valence-corrected chi connectivity index (χ4v) is 2.42. The molecular formula is C11H12ClNO3S2. The van der Waals surface area contributed by atoms with Gasteiger partial charge in [0.15, 0.2) is 5.78 Å². The van der Waals surface area contributed by atoms with Crippen LogP contribution >= 0.6 is 22.9 Å². The van der Waals surface area contributed by atoms with E-state index in [0.29, 0.717) is 4.99 Å². The first kappa shape index (κ1) is 15.1. The number of carbonyl (C=O) groups excluding carboxylic acids is 1. The standard InChI is InChI=1S/C11H12ClNO3S2/c1-13(7-10(14)8-18(12,15)16)11(17)9-5-3-2-4-6-9/h2-6H,7-8H2,1H3. The number of nitrogens with zero attached hydrogens (tertiary/aromatic N) is 1. The Balaban J connectivity index is 2.64. The van der Waals surface area contributed by atoms with Gasteiger partial charge in [-0.25, -0.2) is 8.42 Å². The Labute approximate surface area is 116 Å². The summed E-state index contributed by atoms with van der Waals surface area (Å²) >= 11 is 5.19. The summed E-state index contributed by atoms with van der Waals surface area (Å²) in [5, 5.41) is 0. The third-order valence-corrected chi connectivity index (χ3v) is 3.66. The maximum Gasteiger partial charge on any atom is 0.239 e. The number of carbonyl (C=O) groups is 1. The molecule has 1 rings (SSSR count). The molecule has 0 spiro atoms. The minimum Gasteiger partial charge on any atom is -0.358 e. The highest BCUT2D eigenvalue weighted by Crippen LogP contribution is 2.05. The molecule has 0 N–H and O–H groups in total. The summed E-state index contributed by atoms with van der Waals surface area (Å²) < 4.78 is 21.5. The van der Waals surface area contributed by atoms with Gasteiger partial charge in [0.05, 0.1) is 6.54 Å². The monoisotopic (exact) mass is 305 g/mol. The van der Waals surface area contributed by atoms with Gasteiger partial charge in [0.1, 0.15) is 10.7 Å². The van der Waals surface area contributed by atoms with E-state index in [4.69, 9.17) is 22.9 Å². The minimum absolute atomic E-state index is 0.0837. The van der Waals surface area contributed by atoms with Crippen molar-refractivity contribution >= 4 is 42.7 Å². The first-order valence-electron chi connectivity index (χ1n) is 5.04. The Hall–Kier alpha value is -0.980. The van der Waals surface area contributed by atoms with Gasteiger partial charge < -0.3 is 4.90 Å². The average molecular weight is 306 g/mol. The Bertz CT molecular complexity index is 543. The topological polar surface area (TPSA) is 54.5 Å². The summed E-state index contributed by atoms with van der Waals surface area (Å²) in [7, 11) is 2.83. The van der Waals surface area contributed by atoms with Crippen LogP contribution in [0.2, 0.25) is 0 Å². The fourth-order valence-electron chi connectivity index (χ4n) is 1.38. The van der Waals surface area contributed by atoms with Gasteiger partial charge in [-0.15, -0.1) is 0 Å². The van der Waals surface area contributed by atoms with E-state index in [9.17, 15) is 13.2 Å². The Kier molecular flexibility index (Phi) is 5.25. The van der Waals surface area contributed by atoms with Gasteiger partial charge >= 0.3 is 0 Å². The van der Waals surface area contributed by atoms with Crippen LogP contribution in [-0.2, 0) is 13.8 Å². The lowest BCUT2D eigenvalue weighted by Crippen LogP contribution is -2.33. The zero-order valence-corrected chi connectivity index (χ0v) is 12.1. The van der Waals surface area contributed by atoms with Crippen LogP contribution in [0.1, 0.15) is 5.56 Å². The number of hydrogen-bond acceptors (Lipinski definition) is 4. The molecule has 18 heavy (non-hydrogen) atoms. The molecule has 0 fully saturated rings. The van der Waals surface area contributed by atoms with Crippen molar-refractivity contribution in [3.8, 4) is 0 Å². The molecule has 98 valence electrons. The van der Waals surface area contributed by atoms with Crippen molar-refractivity contribution in [3.63, 3.8) is 0 Å². The molecule has 7 heteroatoms. The van der Waals surface area contributed by atoms with Crippen molar-refractivity contribution in [2.45, 2.75) is 0 Å². The highest BCUT2D eigenvalue weighted by atomic mass is 35.7. The summed E-state index contributed by atoms with van der Waals surface area (Å²) in [6.45, 7) is -0.0837. The van der Waals surface area contributed by atoms with Crippen LogP contribution < -0.4 is 0 Å². The second kappa shape index (κ2) is 6.26. The lowest BCUT2D eigenvalue weighted by Gasteiger charge is -2.18. The van der Waals surface area contributed by atoms with Gasteiger partial charge in [0, 0.05) is 23.3 Å². The van der Waals surface area contributed by atoms with E-state index in [0.717, 1.165) is 5.56 Å². The van der Waals surface area contributed by atoms with Crippen molar-refractivity contribution in [2.75, 3.05) is 19.3 Å². The van der Waals surface area contributed by atoms with E-state index in [1.54, 1.807) is 7.05 Å². The molecule has 4 nitrogen and oxygen atoms in total. The molecular weight excluding hydrogens is 294 g/mol. The molecule has 0 bridgehead atoms. The van der Waals surface area contributed by atoms with Crippen LogP contribution in [0.15, 0.2) is 30.3 Å². The first-order valence-corrected chi connectivity index (χ1v) is 7.93. The highest BCUT2D eigenvalue weighted by molar-refractivity contribution is 8.14. The smallest absolute Gasteiger partial charge is 0.239 e. The van der Waals surface area contributed by atoms with Crippen LogP contribution in [0, 0.1) is 0 Å². The number of ketones is 1. The lowest BCUT2D eigenvalue weighted by atomic mass is 10.2. The number of Topliss-reactive ketones (excluding diaryl/α,β-unsaturated/α-hetero) is 1. The summed E-state index contributed by atoms with van der Waals surface area (Å²) in [4.78, 5) is 13.4. The van der Waals surface area contributed by atoms with Crippen LogP contribution in [0.3, 0.4) is 0 Å². The van der Waals surface area contributed by atoms with Crippen LogP contribution in [-0.4, -0.2) is 43.4 Å². The van der Waals surface area contributed by atoms with Crippen molar-refractivity contribution in [3.05, 3.63) is 35.9 Å². The number of thiocarbonyl (C=S) groups is 1. The summed E-state index contributed by atoms with van der Waals surface area (Å²) in [6.07, 6.45) is 0. The Morgan fingerprint density at radius 2 is 1.89 bits per heavy atom. The number of benzene rings is 1. The van der Waals surface area contributed by atoms with Crippen LogP contribution in [0.5, 0.6) is 0 Å². The van der Waals surface area contributed by atoms with Gasteiger partial charge in [0.25, 0.3) is 0 Å². The maximum absolute atomic E-state index is 11.4. The molecule has 0 unspecified atom stereocenters. The molecule has 1 aromatic carbocycles. The fraction of sp³-hybridized carbons (Fsp3) is 0.273. The van der Waals surface area contributed by atoms with Gasteiger partial charge in [-0.3, -0.25) is 4.79 Å². The second-order valence-corrected chi connectivity index (χ2v) is 6.91. The quantitative estimate of drug-likeness (QED) is 0.608. The predicted octanol–water partition coefficient (Wildman–Crippen LogP) is 1.43. The van der Waals surface area contributed by atoms with E-state index in [1.165, 1.54) is 4.90 Å². The number of likely N-dealkylation sites (N-methyl/N-ethyl adjacent to an activating group) is 1. The molecule has 0 radical (unpaired) electrons. The van der Waals surface area contributed by atoms with Crippen molar-refractivity contribution < 1.29 is 13.2 Å². The van der Waals surface area contributed by atoms with E-state index in [2.05, 4.69) is 0 Å². The van der Waals surface area contributed by atoms with Crippen molar-refractivity contribution in [1.29, 1.82) is 0 Å². The van der Waals surface area contributed by atoms with E-state index in [1.807, 2.05) is 30.3 Å². The Morgan fingerprint density at radius 1 is 1.33 bits per heavy atom. The molecule has 0 aliphatic heterocycles. The van der Waals surface area contributed by atoms with E-state index < -0.39 is 20.6 Å². The molecule has 1 aromatic rings. The summed E-state index contributed by atoms with van der Waals surface area (Å²) in [5.74, 6) is -1.18. The SMILES string of the molecule is CN(CC(=O)CS(=O)(=O)Cl)C(=S)c1ccccc1. The zero-order chi connectivity index (χ0) is 13.8. The van der Waals surface area contributed by atoms with Crippen LogP contribution in [0.4, 0.5) is 0 Å². The van der Waals surface area contributed by atoms with Crippen molar-refractivity contribution in [2.24, 2.45) is 0 Å². The second-order valence-electron chi connectivity index (χ2n) is 3.75. The lowest BCUT2D eigenvalue weighted by molar-refractivity contribution is -0.116. The van der Waals surface area contributed by atoms with Gasteiger partial charge in [-0.05, 0) is 0 Å². The number of halogens is 1. The van der Waals surface area contributed by atoms with Gasteiger partial charge in [-0.2, -0.15) is 0 Å². The summed E-state index contributed by atoms with van der Waals surface area (Å²) in [6, 6.07) is 9.17.